The molecule has 1 rings (SSSR count). The molecule has 0 aliphatic heterocycles. The predicted molar refractivity (Wildman–Crippen MR) is 48.8 cm³/mol. The Bertz CT molecular complexity index is 90.1. The third kappa shape index (κ3) is 3.41. The summed E-state index contributed by atoms with van der Waals surface area (Å²) in [4.78, 5) is 0. The van der Waals surface area contributed by atoms with Gasteiger partial charge in [0, 0.05) is 6.61 Å². The first-order valence-corrected chi connectivity index (χ1v) is 4.17. The van der Waals surface area contributed by atoms with Gasteiger partial charge in [0.15, 0.2) is 0 Å². The Kier molecular flexibility index (Phi) is 5.92. The van der Waals surface area contributed by atoms with Gasteiger partial charge in [-0.15, -0.1) is 12.4 Å². The SMILES string of the molecule is Cl.NC[C@@H]1CCC[C@H](CO)C1. The van der Waals surface area contributed by atoms with Gasteiger partial charge in [-0.25, -0.2) is 0 Å². The van der Waals surface area contributed by atoms with E-state index in [4.69, 9.17) is 10.8 Å². The Morgan fingerprint density at radius 2 is 1.91 bits per heavy atom. The van der Waals surface area contributed by atoms with Crippen molar-refractivity contribution in [3.8, 4) is 0 Å². The van der Waals surface area contributed by atoms with E-state index < -0.39 is 0 Å². The van der Waals surface area contributed by atoms with Crippen molar-refractivity contribution in [1.29, 1.82) is 0 Å². The second-order valence-corrected chi connectivity index (χ2v) is 3.32. The van der Waals surface area contributed by atoms with Crippen molar-refractivity contribution < 1.29 is 5.11 Å². The Labute approximate surface area is 74.6 Å². The van der Waals surface area contributed by atoms with Gasteiger partial charge < -0.3 is 10.8 Å². The summed E-state index contributed by atoms with van der Waals surface area (Å²) in [6.07, 6.45) is 4.88. The fraction of sp³-hybridized carbons (Fsp3) is 1.00. The lowest BCUT2D eigenvalue weighted by molar-refractivity contribution is 0.163. The highest BCUT2D eigenvalue weighted by atomic mass is 35.5. The normalized spacial score (nSPS) is 31.1. The summed E-state index contributed by atoms with van der Waals surface area (Å²) >= 11 is 0. The maximum absolute atomic E-state index is 8.86. The van der Waals surface area contributed by atoms with E-state index in [-0.39, 0.29) is 12.4 Å². The van der Waals surface area contributed by atoms with E-state index in [1.165, 1.54) is 19.3 Å². The van der Waals surface area contributed by atoms with Crippen molar-refractivity contribution in [1.82, 2.24) is 0 Å². The van der Waals surface area contributed by atoms with E-state index in [9.17, 15) is 0 Å². The fourth-order valence-corrected chi connectivity index (χ4v) is 1.78. The standard InChI is InChI=1S/C8H17NO.ClH/c9-5-7-2-1-3-8(4-7)6-10;/h7-8,10H,1-6,9H2;1H/t7-,8+;/m1./s1. The first kappa shape index (κ1) is 11.2. The van der Waals surface area contributed by atoms with Crippen LogP contribution in [0, 0.1) is 11.8 Å². The van der Waals surface area contributed by atoms with Gasteiger partial charge >= 0.3 is 0 Å². The number of halogens is 1. The Balaban J connectivity index is 0.000001000. The summed E-state index contributed by atoms with van der Waals surface area (Å²) in [6.45, 7) is 1.16. The molecule has 1 aliphatic rings. The minimum Gasteiger partial charge on any atom is -0.396 e. The lowest BCUT2D eigenvalue weighted by Gasteiger charge is -2.26. The molecule has 1 fully saturated rings. The molecule has 3 heteroatoms. The highest BCUT2D eigenvalue weighted by molar-refractivity contribution is 5.85. The molecule has 2 nitrogen and oxygen atoms in total. The zero-order valence-corrected chi connectivity index (χ0v) is 7.65. The quantitative estimate of drug-likeness (QED) is 0.669. The monoisotopic (exact) mass is 179 g/mol. The highest BCUT2D eigenvalue weighted by Gasteiger charge is 2.19. The minimum atomic E-state index is 0. The molecule has 68 valence electrons. The van der Waals surface area contributed by atoms with Crippen LogP contribution >= 0.6 is 12.4 Å². The molecule has 0 radical (unpaired) electrons. The molecule has 0 aromatic heterocycles. The topological polar surface area (TPSA) is 46.2 Å². The zero-order chi connectivity index (χ0) is 7.40. The summed E-state index contributed by atoms with van der Waals surface area (Å²) in [5.41, 5.74) is 5.54. The largest absolute Gasteiger partial charge is 0.396 e. The molecule has 0 saturated heterocycles. The molecule has 0 amide bonds. The molecule has 0 bridgehead atoms. The van der Waals surface area contributed by atoms with Gasteiger partial charge in [0.2, 0.25) is 0 Å². The number of aliphatic hydroxyl groups is 1. The van der Waals surface area contributed by atoms with E-state index in [1.807, 2.05) is 0 Å². The first-order valence-electron chi connectivity index (χ1n) is 4.17. The van der Waals surface area contributed by atoms with Gasteiger partial charge in [-0.3, -0.25) is 0 Å². The van der Waals surface area contributed by atoms with Crippen LogP contribution in [0.5, 0.6) is 0 Å². The molecular formula is C8H18ClNO. The molecule has 0 aromatic rings. The van der Waals surface area contributed by atoms with E-state index in [2.05, 4.69) is 0 Å². The molecule has 0 unspecified atom stereocenters. The van der Waals surface area contributed by atoms with Gasteiger partial charge in [-0.05, 0) is 37.6 Å². The van der Waals surface area contributed by atoms with E-state index in [1.54, 1.807) is 0 Å². The van der Waals surface area contributed by atoms with Crippen molar-refractivity contribution in [3.05, 3.63) is 0 Å². The molecular weight excluding hydrogens is 162 g/mol. The van der Waals surface area contributed by atoms with E-state index >= 15 is 0 Å². The lowest BCUT2D eigenvalue weighted by atomic mass is 9.82. The number of rotatable bonds is 2. The van der Waals surface area contributed by atoms with Gasteiger partial charge in [0.1, 0.15) is 0 Å². The van der Waals surface area contributed by atoms with Crippen molar-refractivity contribution in [2.24, 2.45) is 17.6 Å². The van der Waals surface area contributed by atoms with Crippen molar-refractivity contribution in [2.75, 3.05) is 13.2 Å². The number of aliphatic hydroxyl groups excluding tert-OH is 1. The van der Waals surface area contributed by atoms with Gasteiger partial charge in [0.25, 0.3) is 0 Å². The van der Waals surface area contributed by atoms with Crippen molar-refractivity contribution in [2.45, 2.75) is 25.7 Å². The van der Waals surface area contributed by atoms with Gasteiger partial charge in [0.05, 0.1) is 0 Å². The fourth-order valence-electron chi connectivity index (χ4n) is 1.78. The van der Waals surface area contributed by atoms with Crippen LogP contribution < -0.4 is 5.73 Å². The molecule has 2 atom stereocenters. The first-order chi connectivity index (χ1) is 4.86. The third-order valence-corrected chi connectivity index (χ3v) is 2.48. The minimum absolute atomic E-state index is 0. The number of hydrogen-bond acceptors (Lipinski definition) is 2. The van der Waals surface area contributed by atoms with Gasteiger partial charge in [-0.1, -0.05) is 6.42 Å². The Hall–Kier alpha value is 0.210. The summed E-state index contributed by atoms with van der Waals surface area (Å²) in [6, 6.07) is 0. The highest BCUT2D eigenvalue weighted by Crippen LogP contribution is 2.27. The molecule has 0 heterocycles. The van der Waals surface area contributed by atoms with Crippen molar-refractivity contribution in [3.63, 3.8) is 0 Å². The Morgan fingerprint density at radius 1 is 1.27 bits per heavy atom. The average Bonchev–Trinajstić information content (AvgIpc) is 2.05. The number of hydrogen-bond donors (Lipinski definition) is 2. The lowest BCUT2D eigenvalue weighted by Crippen LogP contribution is -2.24. The van der Waals surface area contributed by atoms with Crippen LogP contribution in [0.4, 0.5) is 0 Å². The summed E-state index contributed by atoms with van der Waals surface area (Å²) in [5, 5.41) is 8.86. The molecule has 1 aliphatic carbocycles. The summed E-state index contributed by atoms with van der Waals surface area (Å²) < 4.78 is 0. The van der Waals surface area contributed by atoms with E-state index in [0.717, 1.165) is 13.0 Å². The maximum atomic E-state index is 8.86. The van der Waals surface area contributed by atoms with Crippen LogP contribution in [0.3, 0.4) is 0 Å². The van der Waals surface area contributed by atoms with Crippen LogP contribution in [0.15, 0.2) is 0 Å². The third-order valence-electron chi connectivity index (χ3n) is 2.48. The summed E-state index contributed by atoms with van der Waals surface area (Å²) in [7, 11) is 0. The second kappa shape index (κ2) is 5.81. The molecule has 3 N–H and O–H groups in total. The van der Waals surface area contributed by atoms with Gasteiger partial charge in [-0.2, -0.15) is 0 Å². The molecule has 11 heavy (non-hydrogen) atoms. The van der Waals surface area contributed by atoms with Crippen LogP contribution in [0.2, 0.25) is 0 Å². The molecule has 1 saturated carbocycles. The smallest absolute Gasteiger partial charge is 0.0459 e. The van der Waals surface area contributed by atoms with Crippen LogP contribution in [0.1, 0.15) is 25.7 Å². The average molecular weight is 180 g/mol. The van der Waals surface area contributed by atoms with Crippen LogP contribution in [-0.2, 0) is 0 Å². The van der Waals surface area contributed by atoms with Crippen LogP contribution in [-0.4, -0.2) is 18.3 Å². The van der Waals surface area contributed by atoms with Crippen LogP contribution in [0.25, 0.3) is 0 Å². The number of nitrogens with two attached hydrogens (primary N) is 1. The van der Waals surface area contributed by atoms with Crippen molar-refractivity contribution >= 4 is 12.4 Å². The molecule has 0 spiro atoms. The summed E-state index contributed by atoms with van der Waals surface area (Å²) in [5.74, 6) is 1.23. The maximum Gasteiger partial charge on any atom is 0.0459 e. The Morgan fingerprint density at radius 3 is 2.45 bits per heavy atom. The zero-order valence-electron chi connectivity index (χ0n) is 6.83. The predicted octanol–water partition coefficient (Wildman–Crippen LogP) is 1.17. The second-order valence-electron chi connectivity index (χ2n) is 3.32. The molecule has 0 aromatic carbocycles. The van der Waals surface area contributed by atoms with E-state index in [0.29, 0.717) is 18.4 Å².